The lowest BCUT2D eigenvalue weighted by atomic mass is 10.1. The smallest absolute Gasteiger partial charge is 0.227 e. The van der Waals surface area contributed by atoms with Gasteiger partial charge in [0.1, 0.15) is 5.52 Å². The highest BCUT2D eigenvalue weighted by molar-refractivity contribution is 6.31. The molecule has 3 aromatic rings. The van der Waals surface area contributed by atoms with E-state index in [4.69, 9.17) is 21.8 Å². The summed E-state index contributed by atoms with van der Waals surface area (Å²) < 4.78 is 5.73. The van der Waals surface area contributed by atoms with E-state index in [-0.39, 0.29) is 12.3 Å². The van der Waals surface area contributed by atoms with Crippen LogP contribution in [0, 0.1) is 5.92 Å². The summed E-state index contributed by atoms with van der Waals surface area (Å²) in [5.41, 5.74) is 8.15. The molecule has 2 aromatic carbocycles. The number of halogens is 1. The normalized spacial score (nSPS) is 17.4. The van der Waals surface area contributed by atoms with Crippen molar-refractivity contribution in [2.75, 3.05) is 11.4 Å². The Bertz CT molecular complexity index is 981. The number of amides is 2. The fourth-order valence-corrected chi connectivity index (χ4v) is 3.12. The molecule has 7 heteroatoms. The zero-order valence-electron chi connectivity index (χ0n) is 13.1. The third-order valence-electron chi connectivity index (χ3n) is 4.30. The molecule has 0 radical (unpaired) electrons. The summed E-state index contributed by atoms with van der Waals surface area (Å²) in [4.78, 5) is 29.4. The van der Waals surface area contributed by atoms with Gasteiger partial charge >= 0.3 is 0 Å². The highest BCUT2D eigenvalue weighted by atomic mass is 35.5. The second-order valence-electron chi connectivity index (χ2n) is 5.99. The van der Waals surface area contributed by atoms with Gasteiger partial charge in [0.25, 0.3) is 0 Å². The third kappa shape index (κ3) is 2.85. The summed E-state index contributed by atoms with van der Waals surface area (Å²) in [6, 6.07) is 12.5. The molecule has 2 amide bonds. The van der Waals surface area contributed by atoms with Crippen LogP contribution in [0.2, 0.25) is 5.02 Å². The quantitative estimate of drug-likeness (QED) is 0.782. The van der Waals surface area contributed by atoms with Gasteiger partial charge in [0, 0.05) is 29.2 Å². The summed E-state index contributed by atoms with van der Waals surface area (Å²) in [6.07, 6.45) is 0.156. The molecule has 1 saturated heterocycles. The highest BCUT2D eigenvalue weighted by Gasteiger charge is 2.33. The Labute approximate surface area is 148 Å². The Morgan fingerprint density at radius 3 is 2.68 bits per heavy atom. The topological polar surface area (TPSA) is 89.4 Å². The molecule has 126 valence electrons. The average molecular weight is 356 g/mol. The predicted molar refractivity (Wildman–Crippen MR) is 94.1 cm³/mol. The number of hydrogen-bond donors (Lipinski definition) is 1. The third-order valence-corrected chi connectivity index (χ3v) is 4.54. The van der Waals surface area contributed by atoms with Gasteiger partial charge in [-0.2, -0.15) is 0 Å². The minimum absolute atomic E-state index is 0.104. The number of oxazole rings is 1. The number of nitrogens with zero attached hydrogens (tertiary/aromatic N) is 2. The van der Waals surface area contributed by atoms with Gasteiger partial charge in [-0.25, -0.2) is 4.98 Å². The Balaban J connectivity index is 1.61. The van der Waals surface area contributed by atoms with E-state index in [0.29, 0.717) is 28.6 Å². The van der Waals surface area contributed by atoms with E-state index in [2.05, 4.69) is 4.98 Å². The van der Waals surface area contributed by atoms with Gasteiger partial charge in [0.05, 0.1) is 5.92 Å². The maximum absolute atomic E-state index is 12.1. The first-order chi connectivity index (χ1) is 12.0. The molecule has 0 saturated carbocycles. The van der Waals surface area contributed by atoms with Gasteiger partial charge in [-0.15, -0.1) is 0 Å². The van der Waals surface area contributed by atoms with E-state index in [9.17, 15) is 9.59 Å². The fourth-order valence-electron chi connectivity index (χ4n) is 2.96. The van der Waals surface area contributed by atoms with E-state index in [1.807, 2.05) is 12.1 Å². The van der Waals surface area contributed by atoms with Gasteiger partial charge < -0.3 is 15.1 Å². The van der Waals surface area contributed by atoms with Crippen LogP contribution >= 0.6 is 11.6 Å². The summed E-state index contributed by atoms with van der Waals surface area (Å²) in [5.74, 6) is -0.508. The van der Waals surface area contributed by atoms with Crippen LogP contribution in [-0.2, 0) is 9.59 Å². The van der Waals surface area contributed by atoms with Crippen LogP contribution < -0.4 is 10.6 Å². The summed E-state index contributed by atoms with van der Waals surface area (Å²) in [5, 5.41) is 0.597. The van der Waals surface area contributed by atoms with Crippen molar-refractivity contribution in [3.63, 3.8) is 0 Å². The first-order valence-corrected chi connectivity index (χ1v) is 8.15. The maximum atomic E-state index is 12.1. The average Bonchev–Trinajstić information content (AvgIpc) is 3.18. The fraction of sp³-hybridized carbons (Fsp3) is 0.167. The minimum atomic E-state index is -0.447. The Hall–Kier alpha value is -2.86. The van der Waals surface area contributed by atoms with E-state index in [1.54, 1.807) is 35.2 Å². The molecule has 0 aliphatic carbocycles. The number of aromatic nitrogens is 1. The van der Waals surface area contributed by atoms with Gasteiger partial charge in [0.15, 0.2) is 5.58 Å². The van der Waals surface area contributed by atoms with Crippen molar-refractivity contribution in [2.45, 2.75) is 6.42 Å². The number of fused-ring (bicyclic) bond motifs is 1. The monoisotopic (exact) mass is 355 g/mol. The van der Waals surface area contributed by atoms with Crippen LogP contribution in [0.15, 0.2) is 46.9 Å². The summed E-state index contributed by atoms with van der Waals surface area (Å²) in [7, 11) is 0. The van der Waals surface area contributed by atoms with E-state index >= 15 is 0 Å². The number of nitrogens with two attached hydrogens (primary N) is 1. The number of hydrogen-bond acceptors (Lipinski definition) is 4. The molecule has 6 nitrogen and oxygen atoms in total. The second-order valence-corrected chi connectivity index (χ2v) is 6.42. The van der Waals surface area contributed by atoms with Gasteiger partial charge in [0.2, 0.25) is 17.7 Å². The molecule has 0 spiro atoms. The van der Waals surface area contributed by atoms with Crippen LogP contribution in [0.5, 0.6) is 0 Å². The molecular formula is C18H14ClN3O3. The second kappa shape index (κ2) is 5.89. The molecule has 0 bridgehead atoms. The number of benzene rings is 2. The molecular weight excluding hydrogens is 342 g/mol. The molecule has 1 atom stereocenters. The molecule has 4 rings (SSSR count). The molecule has 25 heavy (non-hydrogen) atoms. The summed E-state index contributed by atoms with van der Waals surface area (Å²) in [6.45, 7) is 0.314. The van der Waals surface area contributed by atoms with Crippen LogP contribution in [0.4, 0.5) is 5.69 Å². The van der Waals surface area contributed by atoms with E-state index in [0.717, 1.165) is 11.3 Å². The van der Waals surface area contributed by atoms with Crippen molar-refractivity contribution in [3.05, 3.63) is 47.5 Å². The molecule has 2 heterocycles. The molecule has 1 aliphatic rings. The first-order valence-electron chi connectivity index (χ1n) is 7.77. The number of carbonyl (C=O) groups excluding carboxylic acids is 2. The largest absolute Gasteiger partial charge is 0.436 e. The summed E-state index contributed by atoms with van der Waals surface area (Å²) >= 11 is 5.96. The number of carbonyl (C=O) groups is 2. The van der Waals surface area contributed by atoms with Crippen molar-refractivity contribution < 1.29 is 14.0 Å². The standard InChI is InChI=1S/C18H14ClN3O3/c19-12-3-6-15-14(8-12)21-18(25-15)10-1-4-13(5-2-10)22-9-11(17(20)24)7-16(22)23/h1-6,8,11H,7,9H2,(H2,20,24)/t11-/m1/s1. The highest BCUT2D eigenvalue weighted by Crippen LogP contribution is 2.30. The van der Waals surface area contributed by atoms with Crippen molar-refractivity contribution in [3.8, 4) is 11.5 Å². The van der Waals surface area contributed by atoms with Crippen LogP contribution in [0.3, 0.4) is 0 Å². The van der Waals surface area contributed by atoms with Gasteiger partial charge in [-0.3, -0.25) is 9.59 Å². The lowest BCUT2D eigenvalue weighted by molar-refractivity contribution is -0.123. The maximum Gasteiger partial charge on any atom is 0.227 e. The SMILES string of the molecule is NC(=O)[C@@H]1CC(=O)N(c2ccc(-c3nc4cc(Cl)ccc4o3)cc2)C1. The lowest BCUT2D eigenvalue weighted by Crippen LogP contribution is -2.28. The van der Waals surface area contributed by atoms with Crippen molar-refractivity contribution in [2.24, 2.45) is 11.7 Å². The molecule has 1 aromatic heterocycles. The zero-order chi connectivity index (χ0) is 17.6. The van der Waals surface area contributed by atoms with Crippen LogP contribution in [0.25, 0.3) is 22.6 Å². The lowest BCUT2D eigenvalue weighted by Gasteiger charge is -2.16. The van der Waals surface area contributed by atoms with E-state index in [1.165, 1.54) is 0 Å². The first kappa shape index (κ1) is 15.7. The Morgan fingerprint density at radius 1 is 1.24 bits per heavy atom. The van der Waals surface area contributed by atoms with Crippen molar-refractivity contribution in [1.82, 2.24) is 4.98 Å². The molecule has 1 aliphatic heterocycles. The molecule has 0 unspecified atom stereocenters. The number of primary amides is 1. The predicted octanol–water partition coefficient (Wildman–Crippen LogP) is 2.99. The van der Waals surface area contributed by atoms with Crippen molar-refractivity contribution in [1.29, 1.82) is 0 Å². The zero-order valence-corrected chi connectivity index (χ0v) is 13.9. The van der Waals surface area contributed by atoms with Crippen molar-refractivity contribution >= 4 is 40.2 Å². The number of anilines is 1. The van der Waals surface area contributed by atoms with Gasteiger partial charge in [-0.05, 0) is 42.5 Å². The molecule has 2 N–H and O–H groups in total. The van der Waals surface area contributed by atoms with E-state index < -0.39 is 11.8 Å². The van der Waals surface area contributed by atoms with Gasteiger partial charge in [-0.1, -0.05) is 11.6 Å². The number of rotatable bonds is 3. The Kier molecular flexibility index (Phi) is 3.69. The Morgan fingerprint density at radius 2 is 2.00 bits per heavy atom. The molecule has 1 fully saturated rings. The van der Waals surface area contributed by atoms with Crippen LogP contribution in [-0.4, -0.2) is 23.3 Å². The minimum Gasteiger partial charge on any atom is -0.436 e. The van der Waals surface area contributed by atoms with Crippen LogP contribution in [0.1, 0.15) is 6.42 Å².